The number of fused-ring (bicyclic) bond motifs is 1. The van der Waals surface area contributed by atoms with Gasteiger partial charge in [0, 0.05) is 16.1 Å². The van der Waals surface area contributed by atoms with Crippen molar-refractivity contribution in [2.24, 2.45) is 5.92 Å². The van der Waals surface area contributed by atoms with Crippen molar-refractivity contribution >= 4 is 34.5 Å². The largest absolute Gasteiger partial charge is 0.481 e. The normalized spacial score (nSPS) is 12.8. The number of carbonyl (C=O) groups is 2. The summed E-state index contributed by atoms with van der Waals surface area (Å²) < 4.78 is 13.2. The van der Waals surface area contributed by atoms with E-state index in [-0.39, 0.29) is 17.8 Å². The van der Waals surface area contributed by atoms with Crippen molar-refractivity contribution in [2.75, 3.05) is 0 Å². The Morgan fingerprint density at radius 3 is 2.35 bits per heavy atom. The molecular weight excluding hydrogens is 493 g/mol. The van der Waals surface area contributed by atoms with Crippen molar-refractivity contribution in [2.45, 2.75) is 39.2 Å². The molecule has 2 unspecified atom stereocenters. The fourth-order valence-electron chi connectivity index (χ4n) is 4.06. The van der Waals surface area contributed by atoms with Gasteiger partial charge in [-0.25, -0.2) is 14.4 Å². The van der Waals surface area contributed by atoms with Gasteiger partial charge in [0.2, 0.25) is 0 Å². The molecule has 0 aliphatic carbocycles. The predicted octanol–water partition coefficient (Wildman–Crippen LogP) is 6.62. The van der Waals surface area contributed by atoms with E-state index in [1.54, 1.807) is 49.4 Å². The minimum absolute atomic E-state index is 0.279. The fourth-order valence-corrected chi connectivity index (χ4v) is 4.19. The van der Waals surface area contributed by atoms with Crippen LogP contribution in [-0.4, -0.2) is 27.0 Å². The molecule has 0 radical (unpaired) electrons. The maximum absolute atomic E-state index is 13.2. The molecule has 4 aromatic rings. The lowest BCUT2D eigenvalue weighted by atomic mass is 10.0. The van der Waals surface area contributed by atoms with Gasteiger partial charge < -0.3 is 10.4 Å². The number of aliphatic carboxylic acids is 1. The second kappa shape index (κ2) is 11.5. The molecular formula is C29H27ClFN3O3. The Labute approximate surface area is 219 Å². The molecule has 1 aromatic heterocycles. The maximum Gasteiger partial charge on any atom is 0.306 e. The molecule has 37 heavy (non-hydrogen) atoms. The molecule has 2 N–H and O–H groups in total. The Morgan fingerprint density at radius 2 is 1.68 bits per heavy atom. The zero-order valence-electron chi connectivity index (χ0n) is 20.5. The molecule has 0 spiro atoms. The lowest BCUT2D eigenvalue weighted by Crippen LogP contribution is -2.26. The van der Waals surface area contributed by atoms with Gasteiger partial charge in [0.05, 0.1) is 34.4 Å². The van der Waals surface area contributed by atoms with E-state index in [1.165, 1.54) is 12.1 Å². The van der Waals surface area contributed by atoms with Crippen LogP contribution in [0.4, 0.5) is 4.39 Å². The Hall–Kier alpha value is -3.84. The number of rotatable bonds is 9. The number of carboxylic acid groups (broad SMARTS) is 1. The highest BCUT2D eigenvalue weighted by Crippen LogP contribution is 2.27. The first-order valence-electron chi connectivity index (χ1n) is 12.1. The number of carbonyl (C=O) groups excluding carboxylic acids is 1. The summed E-state index contributed by atoms with van der Waals surface area (Å²) in [6.07, 6.45) is 1.68. The van der Waals surface area contributed by atoms with Gasteiger partial charge >= 0.3 is 5.97 Å². The Morgan fingerprint density at radius 1 is 0.973 bits per heavy atom. The van der Waals surface area contributed by atoms with Crippen LogP contribution in [0.3, 0.4) is 0 Å². The summed E-state index contributed by atoms with van der Waals surface area (Å²) in [6, 6.07) is 18.2. The number of carboxylic acids is 1. The third kappa shape index (κ3) is 6.49. The standard InChI is InChI=1S/C29H27ClFN3O3/c1-17(29(36)37)4-3-5-25-27(20-6-11-22(30)12-7-20)34-24-15-10-21(16-26(24)33-25)28(35)32-18(2)19-8-13-23(31)14-9-19/h6-18H,3-5H2,1-2H3,(H,32,35)(H,36,37). The van der Waals surface area contributed by atoms with E-state index in [4.69, 9.17) is 21.6 Å². The highest BCUT2D eigenvalue weighted by Gasteiger charge is 2.17. The number of nitrogens with zero attached hydrogens (tertiary/aromatic N) is 2. The molecule has 0 aliphatic rings. The smallest absolute Gasteiger partial charge is 0.306 e. The van der Waals surface area contributed by atoms with Gasteiger partial charge in [-0.1, -0.05) is 42.8 Å². The first-order valence-corrected chi connectivity index (χ1v) is 12.4. The molecule has 0 bridgehead atoms. The molecule has 190 valence electrons. The highest BCUT2D eigenvalue weighted by atomic mass is 35.5. The van der Waals surface area contributed by atoms with Gasteiger partial charge in [0.1, 0.15) is 5.82 Å². The molecule has 8 heteroatoms. The monoisotopic (exact) mass is 519 g/mol. The number of benzene rings is 3. The summed E-state index contributed by atoms with van der Waals surface area (Å²) in [4.78, 5) is 33.9. The van der Waals surface area contributed by atoms with E-state index in [1.807, 2.05) is 19.1 Å². The summed E-state index contributed by atoms with van der Waals surface area (Å²) in [5.74, 6) is -1.89. The number of halogens is 2. The topological polar surface area (TPSA) is 92.2 Å². The van der Waals surface area contributed by atoms with Crippen molar-refractivity contribution < 1.29 is 19.1 Å². The lowest BCUT2D eigenvalue weighted by Gasteiger charge is -2.15. The third-order valence-corrected chi connectivity index (χ3v) is 6.56. The molecule has 1 heterocycles. The van der Waals surface area contributed by atoms with Gasteiger partial charge in [-0.2, -0.15) is 0 Å². The molecule has 0 saturated heterocycles. The molecule has 2 atom stereocenters. The zero-order valence-corrected chi connectivity index (χ0v) is 21.3. The van der Waals surface area contributed by atoms with Crippen LogP contribution in [0, 0.1) is 11.7 Å². The molecule has 0 saturated carbocycles. The van der Waals surface area contributed by atoms with Crippen LogP contribution < -0.4 is 5.32 Å². The van der Waals surface area contributed by atoms with Gasteiger partial charge in [0.15, 0.2) is 0 Å². The molecule has 3 aromatic carbocycles. The van der Waals surface area contributed by atoms with Crippen LogP contribution in [0.25, 0.3) is 22.3 Å². The molecule has 0 aliphatic heterocycles. The lowest BCUT2D eigenvalue weighted by molar-refractivity contribution is -0.141. The van der Waals surface area contributed by atoms with Crippen molar-refractivity contribution in [3.8, 4) is 11.3 Å². The van der Waals surface area contributed by atoms with E-state index in [2.05, 4.69) is 5.32 Å². The summed E-state index contributed by atoms with van der Waals surface area (Å²) >= 11 is 6.06. The van der Waals surface area contributed by atoms with Crippen LogP contribution in [0.2, 0.25) is 5.02 Å². The van der Waals surface area contributed by atoms with Crippen LogP contribution in [0.5, 0.6) is 0 Å². The predicted molar refractivity (Wildman–Crippen MR) is 142 cm³/mol. The minimum Gasteiger partial charge on any atom is -0.481 e. The van der Waals surface area contributed by atoms with Crippen molar-refractivity contribution in [3.63, 3.8) is 0 Å². The van der Waals surface area contributed by atoms with E-state index in [9.17, 15) is 19.1 Å². The van der Waals surface area contributed by atoms with Crippen LogP contribution in [0.15, 0.2) is 66.7 Å². The first kappa shape index (κ1) is 26.2. The van der Waals surface area contributed by atoms with Crippen molar-refractivity contribution in [3.05, 3.63) is 94.4 Å². The number of nitrogens with one attached hydrogen (secondary N) is 1. The van der Waals surface area contributed by atoms with Gasteiger partial charge in [-0.05, 0) is 74.2 Å². The second-order valence-electron chi connectivity index (χ2n) is 9.11. The number of aromatic nitrogens is 2. The van der Waals surface area contributed by atoms with E-state index >= 15 is 0 Å². The van der Waals surface area contributed by atoms with E-state index in [0.717, 1.165) is 16.8 Å². The highest BCUT2D eigenvalue weighted by molar-refractivity contribution is 6.30. The number of hydrogen-bond acceptors (Lipinski definition) is 4. The molecule has 4 rings (SSSR count). The van der Waals surface area contributed by atoms with Crippen LogP contribution in [0.1, 0.15) is 54.3 Å². The average molecular weight is 520 g/mol. The second-order valence-corrected chi connectivity index (χ2v) is 9.54. The first-order chi connectivity index (χ1) is 17.7. The van der Waals surface area contributed by atoms with Gasteiger partial charge in [-0.3, -0.25) is 9.59 Å². The van der Waals surface area contributed by atoms with Gasteiger partial charge in [-0.15, -0.1) is 0 Å². The number of hydrogen-bond donors (Lipinski definition) is 2. The molecule has 6 nitrogen and oxygen atoms in total. The SMILES string of the molecule is CC(CCCc1nc2cc(C(=O)NC(C)c3ccc(F)cc3)ccc2nc1-c1ccc(Cl)cc1)C(=O)O. The summed E-state index contributed by atoms with van der Waals surface area (Å²) in [6.45, 7) is 3.52. The minimum atomic E-state index is -0.826. The van der Waals surface area contributed by atoms with Crippen molar-refractivity contribution in [1.29, 1.82) is 0 Å². The summed E-state index contributed by atoms with van der Waals surface area (Å²) in [7, 11) is 0. The van der Waals surface area contributed by atoms with Crippen LogP contribution >= 0.6 is 11.6 Å². The number of aryl methyl sites for hydroxylation is 1. The quantitative estimate of drug-likeness (QED) is 0.259. The average Bonchev–Trinajstić information content (AvgIpc) is 2.88. The van der Waals surface area contributed by atoms with E-state index < -0.39 is 11.9 Å². The Kier molecular flexibility index (Phi) is 8.14. The summed E-state index contributed by atoms with van der Waals surface area (Å²) in [5.41, 5.74) is 4.71. The Bertz CT molecular complexity index is 1430. The maximum atomic E-state index is 13.2. The zero-order chi connectivity index (χ0) is 26.5. The van der Waals surface area contributed by atoms with Crippen molar-refractivity contribution in [1.82, 2.24) is 15.3 Å². The molecule has 1 amide bonds. The third-order valence-electron chi connectivity index (χ3n) is 6.31. The van der Waals surface area contributed by atoms with E-state index in [0.29, 0.717) is 46.6 Å². The molecule has 0 fully saturated rings. The number of amides is 1. The van der Waals surface area contributed by atoms with Crippen LogP contribution in [-0.2, 0) is 11.2 Å². The summed E-state index contributed by atoms with van der Waals surface area (Å²) in [5, 5.41) is 12.8. The Balaban J connectivity index is 1.63. The van der Waals surface area contributed by atoms with Gasteiger partial charge in [0.25, 0.3) is 5.91 Å². The fraction of sp³-hybridized carbons (Fsp3) is 0.241.